The van der Waals surface area contributed by atoms with Crippen LogP contribution in [-0.2, 0) is 27.3 Å². The van der Waals surface area contributed by atoms with Crippen LogP contribution in [0.5, 0.6) is 5.75 Å². The van der Waals surface area contributed by atoms with Crippen molar-refractivity contribution in [3.8, 4) is 11.8 Å². The summed E-state index contributed by atoms with van der Waals surface area (Å²) >= 11 is 1.47. The molecule has 3 aliphatic carbocycles. The zero-order chi connectivity index (χ0) is 23.1. The van der Waals surface area contributed by atoms with E-state index in [1.807, 2.05) is 24.3 Å². The number of nitriles is 1. The molecule has 2 amide bonds. The molecule has 1 saturated heterocycles. The van der Waals surface area contributed by atoms with Gasteiger partial charge in [-0.1, -0.05) is 5.16 Å². The van der Waals surface area contributed by atoms with Gasteiger partial charge in [0.15, 0.2) is 0 Å². The highest BCUT2D eigenvalue weighted by molar-refractivity contribution is 7.17. The highest BCUT2D eigenvalue weighted by atomic mass is 32.1. The Morgan fingerprint density at radius 2 is 1.82 bits per heavy atom. The van der Waals surface area contributed by atoms with E-state index in [-0.39, 0.29) is 47.5 Å². The molecule has 0 unspecified atom stereocenters. The highest BCUT2D eigenvalue weighted by Crippen LogP contribution is 2.62. The van der Waals surface area contributed by atoms with Gasteiger partial charge in [0, 0.05) is 22.3 Å². The molecular weight excluding hydrogens is 450 g/mol. The van der Waals surface area contributed by atoms with Gasteiger partial charge in [-0.25, -0.2) is 4.90 Å². The van der Waals surface area contributed by atoms with Crippen LogP contribution in [0, 0.1) is 40.9 Å². The lowest BCUT2D eigenvalue weighted by Gasteiger charge is -2.29. The first-order valence-corrected chi connectivity index (χ1v) is 12.7. The maximum absolute atomic E-state index is 13.8. The Kier molecular flexibility index (Phi) is 4.26. The Balaban J connectivity index is 1.24. The van der Waals surface area contributed by atoms with Gasteiger partial charge in [-0.3, -0.25) is 9.59 Å². The number of nitrogens with zero attached hydrogens (tertiary/aromatic N) is 3. The maximum atomic E-state index is 13.8. The number of anilines is 1. The predicted octanol–water partition coefficient (Wildman–Crippen LogP) is 3.68. The summed E-state index contributed by atoms with van der Waals surface area (Å²) in [4.78, 5) is 35.9. The second-order valence-electron chi connectivity index (χ2n) is 9.93. The number of fused-ring (bicyclic) bond motifs is 9. The van der Waals surface area contributed by atoms with Crippen LogP contribution in [0.15, 0.2) is 29.4 Å². The van der Waals surface area contributed by atoms with E-state index >= 15 is 0 Å². The Labute approximate surface area is 200 Å². The molecule has 1 aromatic heterocycles. The molecule has 2 bridgehead atoms. The van der Waals surface area contributed by atoms with E-state index in [2.05, 4.69) is 11.2 Å². The molecule has 1 aromatic carbocycles. The van der Waals surface area contributed by atoms with Crippen LogP contribution in [0.1, 0.15) is 40.8 Å². The molecule has 5 aliphatic rings. The van der Waals surface area contributed by atoms with Gasteiger partial charge in [0.2, 0.25) is 11.8 Å². The maximum Gasteiger partial charge on any atom is 0.238 e. The molecule has 7 rings (SSSR count). The average molecular weight is 474 g/mol. The SMILES string of the molecule is COc1ccc(C2=NO[C@@H]3[C@H]4C[C@H]([C@H]5C(=O)N(c6sc7c(c6C#N)CCCC7)C(=O)[C@@H]45)[C@H]23)cc1. The number of hydrogen-bond acceptors (Lipinski definition) is 7. The normalized spacial score (nSPS) is 32.7. The molecular formula is C26H23N3O4S. The van der Waals surface area contributed by atoms with Gasteiger partial charge in [-0.2, -0.15) is 5.26 Å². The van der Waals surface area contributed by atoms with Crippen LogP contribution in [-0.4, -0.2) is 30.7 Å². The fraction of sp³-hybridized carbons (Fsp3) is 0.462. The Bertz CT molecular complexity index is 1310. The molecule has 34 heavy (non-hydrogen) atoms. The molecule has 0 N–H and O–H groups in total. The van der Waals surface area contributed by atoms with E-state index in [0.29, 0.717) is 10.6 Å². The van der Waals surface area contributed by atoms with Crippen molar-refractivity contribution in [1.82, 2.24) is 0 Å². The summed E-state index contributed by atoms with van der Waals surface area (Å²) < 4.78 is 5.27. The molecule has 2 aliphatic heterocycles. The molecule has 0 spiro atoms. The van der Waals surface area contributed by atoms with Gasteiger partial charge in [0.1, 0.15) is 22.9 Å². The van der Waals surface area contributed by atoms with E-state index in [4.69, 9.17) is 9.57 Å². The topological polar surface area (TPSA) is 92.0 Å². The molecule has 7 nitrogen and oxygen atoms in total. The fourth-order valence-electron chi connectivity index (χ4n) is 7.15. The third-order valence-corrected chi connectivity index (χ3v) is 9.82. The van der Waals surface area contributed by atoms with Gasteiger partial charge < -0.3 is 9.57 Å². The van der Waals surface area contributed by atoms with E-state index in [1.165, 1.54) is 16.2 Å². The van der Waals surface area contributed by atoms with Crippen LogP contribution >= 0.6 is 11.3 Å². The minimum absolute atomic E-state index is 0.00308. The first-order valence-electron chi connectivity index (χ1n) is 11.9. The highest BCUT2D eigenvalue weighted by Gasteiger charge is 2.70. The first-order chi connectivity index (χ1) is 16.6. The monoisotopic (exact) mass is 473 g/mol. The molecule has 8 heteroatoms. The summed E-state index contributed by atoms with van der Waals surface area (Å²) in [6.07, 6.45) is 4.53. The summed E-state index contributed by atoms with van der Waals surface area (Å²) in [7, 11) is 1.63. The van der Waals surface area contributed by atoms with Crippen LogP contribution in [0.2, 0.25) is 0 Å². The zero-order valence-corrected chi connectivity index (χ0v) is 19.5. The minimum atomic E-state index is -0.380. The van der Waals surface area contributed by atoms with Crippen molar-refractivity contribution in [2.24, 2.45) is 34.7 Å². The lowest BCUT2D eigenvalue weighted by molar-refractivity contribution is -0.125. The summed E-state index contributed by atoms with van der Waals surface area (Å²) in [6.45, 7) is 0. The number of rotatable bonds is 3. The van der Waals surface area contributed by atoms with E-state index in [9.17, 15) is 14.9 Å². The fourth-order valence-corrected chi connectivity index (χ4v) is 8.50. The third kappa shape index (κ3) is 2.48. The van der Waals surface area contributed by atoms with Crippen LogP contribution in [0.25, 0.3) is 0 Å². The van der Waals surface area contributed by atoms with Crippen LogP contribution in [0.3, 0.4) is 0 Å². The lowest BCUT2D eigenvalue weighted by Crippen LogP contribution is -2.41. The molecule has 3 fully saturated rings. The number of aryl methyl sites for hydroxylation is 1. The summed E-state index contributed by atoms with van der Waals surface area (Å²) in [5.74, 6) is -0.278. The molecule has 2 saturated carbocycles. The Hall–Kier alpha value is -3.18. The summed E-state index contributed by atoms with van der Waals surface area (Å²) in [5, 5.41) is 14.9. The van der Waals surface area contributed by atoms with Crippen molar-refractivity contribution in [3.63, 3.8) is 0 Å². The molecule has 0 radical (unpaired) electrons. The number of benzene rings is 1. The van der Waals surface area contributed by atoms with Gasteiger partial charge in [0.05, 0.1) is 30.2 Å². The summed E-state index contributed by atoms with van der Waals surface area (Å²) in [5.41, 5.74) is 3.40. The number of thiophene rings is 1. The first kappa shape index (κ1) is 20.2. The van der Waals surface area contributed by atoms with E-state index < -0.39 is 0 Å². The number of carbonyl (C=O) groups excluding carboxylic acids is 2. The van der Waals surface area contributed by atoms with Gasteiger partial charge in [-0.15, -0.1) is 11.3 Å². The van der Waals surface area contributed by atoms with Crippen molar-refractivity contribution in [2.45, 2.75) is 38.2 Å². The van der Waals surface area contributed by atoms with Gasteiger partial charge >= 0.3 is 0 Å². The van der Waals surface area contributed by atoms with Crippen molar-refractivity contribution < 1.29 is 19.2 Å². The van der Waals surface area contributed by atoms with Gasteiger partial charge in [0.25, 0.3) is 0 Å². The molecule has 3 heterocycles. The number of ether oxygens (including phenoxy) is 1. The average Bonchev–Trinajstić information content (AvgIpc) is 3.65. The van der Waals surface area contributed by atoms with Crippen LogP contribution < -0.4 is 9.64 Å². The third-order valence-electron chi connectivity index (χ3n) is 8.54. The number of imide groups is 1. The number of amides is 2. The van der Waals surface area contributed by atoms with Crippen molar-refractivity contribution >= 4 is 33.9 Å². The molecule has 172 valence electrons. The Morgan fingerprint density at radius 1 is 1.09 bits per heavy atom. The number of oxime groups is 1. The smallest absolute Gasteiger partial charge is 0.238 e. The van der Waals surface area contributed by atoms with Crippen molar-refractivity contribution in [1.29, 1.82) is 5.26 Å². The van der Waals surface area contributed by atoms with Crippen LogP contribution in [0.4, 0.5) is 5.00 Å². The number of hydrogen-bond donors (Lipinski definition) is 0. The van der Waals surface area contributed by atoms with Crippen molar-refractivity contribution in [2.75, 3.05) is 12.0 Å². The number of methoxy groups -OCH3 is 1. The van der Waals surface area contributed by atoms with Gasteiger partial charge in [-0.05, 0) is 67.9 Å². The predicted molar refractivity (Wildman–Crippen MR) is 125 cm³/mol. The van der Waals surface area contributed by atoms with E-state index in [0.717, 1.165) is 59.6 Å². The second kappa shape index (κ2) is 7.16. The van der Waals surface area contributed by atoms with E-state index in [1.54, 1.807) is 7.11 Å². The lowest BCUT2D eigenvalue weighted by atomic mass is 9.71. The second-order valence-corrected chi connectivity index (χ2v) is 11.0. The Morgan fingerprint density at radius 3 is 2.56 bits per heavy atom. The quantitative estimate of drug-likeness (QED) is 0.634. The largest absolute Gasteiger partial charge is 0.497 e. The molecule has 6 atom stereocenters. The molecule has 2 aromatic rings. The standard InChI is InChI=1S/C26H23N3O4S/c1-32-13-8-6-12(7-9-13)22-21-15-10-16(23(21)33-28-22)20-19(15)24(30)29(25(20)31)26-17(11-27)14-4-2-3-5-18(14)34-26/h6-9,15-16,19-21,23H,2-5,10H2,1H3/t15-,16+,19-,20+,21-,23-/m1/s1. The minimum Gasteiger partial charge on any atom is -0.497 e. The summed E-state index contributed by atoms with van der Waals surface area (Å²) in [6, 6.07) is 10.0. The zero-order valence-electron chi connectivity index (χ0n) is 18.7. The van der Waals surface area contributed by atoms with Crippen molar-refractivity contribution in [3.05, 3.63) is 45.8 Å². The number of carbonyl (C=O) groups is 2.